The molecule has 0 spiro atoms. The van der Waals surface area contributed by atoms with Gasteiger partial charge in [0.1, 0.15) is 0 Å². The molecule has 0 saturated heterocycles. The molecule has 1 N–H and O–H groups in total. The van der Waals surface area contributed by atoms with Crippen LogP contribution in [-0.2, 0) is 0 Å². The minimum atomic E-state index is 0.115. The average Bonchev–Trinajstić information content (AvgIpc) is 2.48. The molecule has 21 heavy (non-hydrogen) atoms. The molecule has 0 fully saturated rings. The Balaban J connectivity index is 2.21. The molecule has 106 valence electrons. The number of pyridine rings is 2. The molecule has 3 aromatic rings. The van der Waals surface area contributed by atoms with Crippen molar-refractivity contribution in [3.63, 3.8) is 0 Å². The zero-order chi connectivity index (χ0) is 14.8. The molecule has 3 rings (SSSR count). The second kappa shape index (κ2) is 5.62. The van der Waals surface area contributed by atoms with E-state index >= 15 is 0 Å². The van der Waals surface area contributed by atoms with Crippen molar-refractivity contribution < 1.29 is 0 Å². The molecule has 0 saturated carbocycles. The Morgan fingerprint density at radius 1 is 1.05 bits per heavy atom. The van der Waals surface area contributed by atoms with E-state index in [0.717, 1.165) is 11.2 Å². The average molecular weight is 277 g/mol. The lowest BCUT2D eigenvalue weighted by Gasteiger charge is -2.19. The van der Waals surface area contributed by atoms with E-state index in [1.807, 2.05) is 32.4 Å². The zero-order valence-electron chi connectivity index (χ0n) is 12.6. The van der Waals surface area contributed by atoms with Crippen LogP contribution in [0.15, 0.2) is 48.8 Å². The van der Waals surface area contributed by atoms with Gasteiger partial charge in [0.2, 0.25) is 0 Å². The van der Waals surface area contributed by atoms with Crippen molar-refractivity contribution in [1.82, 2.24) is 15.3 Å². The van der Waals surface area contributed by atoms with Crippen LogP contribution in [0.5, 0.6) is 0 Å². The minimum Gasteiger partial charge on any atom is -0.309 e. The van der Waals surface area contributed by atoms with E-state index < -0.39 is 0 Å². The lowest BCUT2D eigenvalue weighted by atomic mass is 9.95. The number of aryl methyl sites for hydroxylation is 2. The van der Waals surface area contributed by atoms with Crippen LogP contribution in [-0.4, -0.2) is 17.0 Å². The third kappa shape index (κ3) is 2.65. The van der Waals surface area contributed by atoms with Crippen molar-refractivity contribution in [2.75, 3.05) is 7.05 Å². The first-order valence-corrected chi connectivity index (χ1v) is 7.14. The first kappa shape index (κ1) is 13.7. The predicted molar refractivity (Wildman–Crippen MR) is 86.4 cm³/mol. The fourth-order valence-corrected chi connectivity index (χ4v) is 2.82. The van der Waals surface area contributed by atoms with Crippen molar-refractivity contribution in [3.8, 4) is 0 Å². The standard InChI is InChI=1S/C18H19N3/c1-12-8-14(11-20-10-12)18(19-3)16-9-13(2)21-17-7-5-4-6-15(16)17/h4-11,18-19H,1-3H3. The lowest BCUT2D eigenvalue weighted by Crippen LogP contribution is -2.18. The number of hydrogen-bond donors (Lipinski definition) is 1. The van der Waals surface area contributed by atoms with Gasteiger partial charge >= 0.3 is 0 Å². The van der Waals surface area contributed by atoms with Gasteiger partial charge in [0.15, 0.2) is 0 Å². The summed E-state index contributed by atoms with van der Waals surface area (Å²) < 4.78 is 0. The fourth-order valence-electron chi connectivity index (χ4n) is 2.82. The minimum absolute atomic E-state index is 0.115. The Labute approximate surface area is 125 Å². The number of nitrogens with zero attached hydrogens (tertiary/aromatic N) is 2. The van der Waals surface area contributed by atoms with Crippen LogP contribution in [0.25, 0.3) is 10.9 Å². The molecule has 0 aliphatic rings. The van der Waals surface area contributed by atoms with Gasteiger partial charge < -0.3 is 5.32 Å². The summed E-state index contributed by atoms with van der Waals surface area (Å²) in [5.41, 5.74) is 5.65. The summed E-state index contributed by atoms with van der Waals surface area (Å²) in [6.45, 7) is 4.11. The maximum absolute atomic E-state index is 4.62. The van der Waals surface area contributed by atoms with Gasteiger partial charge in [0, 0.05) is 23.5 Å². The van der Waals surface area contributed by atoms with E-state index in [1.54, 1.807) is 0 Å². The van der Waals surface area contributed by atoms with Crippen LogP contribution in [0.4, 0.5) is 0 Å². The Hall–Kier alpha value is -2.26. The van der Waals surface area contributed by atoms with E-state index in [2.05, 4.69) is 52.5 Å². The highest BCUT2D eigenvalue weighted by molar-refractivity contribution is 5.83. The van der Waals surface area contributed by atoms with Crippen LogP contribution in [0.3, 0.4) is 0 Å². The van der Waals surface area contributed by atoms with Crippen LogP contribution >= 0.6 is 0 Å². The van der Waals surface area contributed by atoms with Crippen molar-refractivity contribution >= 4 is 10.9 Å². The number of benzene rings is 1. The van der Waals surface area contributed by atoms with Crippen molar-refractivity contribution in [1.29, 1.82) is 0 Å². The number of aromatic nitrogens is 2. The van der Waals surface area contributed by atoms with Gasteiger partial charge in [0.25, 0.3) is 0 Å². The first-order chi connectivity index (χ1) is 10.2. The molecule has 1 aromatic carbocycles. The number of hydrogen-bond acceptors (Lipinski definition) is 3. The highest BCUT2D eigenvalue weighted by atomic mass is 14.9. The third-order valence-electron chi connectivity index (χ3n) is 3.71. The summed E-state index contributed by atoms with van der Waals surface area (Å²) in [6, 6.07) is 12.7. The summed E-state index contributed by atoms with van der Waals surface area (Å²) in [4.78, 5) is 8.95. The highest BCUT2D eigenvalue weighted by Crippen LogP contribution is 2.28. The molecule has 3 nitrogen and oxygen atoms in total. The fraction of sp³-hybridized carbons (Fsp3) is 0.222. The summed E-state index contributed by atoms with van der Waals surface area (Å²) in [6.07, 6.45) is 3.81. The summed E-state index contributed by atoms with van der Waals surface area (Å²) >= 11 is 0. The molecule has 1 unspecified atom stereocenters. The van der Waals surface area contributed by atoms with Gasteiger partial charge in [-0.1, -0.05) is 24.3 Å². The SMILES string of the molecule is CNC(c1cncc(C)c1)c1cc(C)nc2ccccc12. The largest absolute Gasteiger partial charge is 0.309 e. The van der Waals surface area contributed by atoms with Gasteiger partial charge in [-0.3, -0.25) is 9.97 Å². The Bertz CT molecular complexity index is 780. The molecule has 0 amide bonds. The van der Waals surface area contributed by atoms with Gasteiger partial charge in [0.05, 0.1) is 11.6 Å². The van der Waals surface area contributed by atoms with Crippen LogP contribution in [0.1, 0.15) is 28.4 Å². The lowest BCUT2D eigenvalue weighted by molar-refractivity contribution is 0.691. The molecule has 0 radical (unpaired) electrons. The molecule has 0 aliphatic carbocycles. The monoisotopic (exact) mass is 277 g/mol. The van der Waals surface area contributed by atoms with Crippen molar-refractivity contribution in [2.24, 2.45) is 0 Å². The smallest absolute Gasteiger partial charge is 0.0708 e. The van der Waals surface area contributed by atoms with E-state index in [-0.39, 0.29) is 6.04 Å². The molecule has 2 heterocycles. The molecular formula is C18H19N3. The maximum atomic E-state index is 4.62. The number of para-hydroxylation sites is 1. The Morgan fingerprint density at radius 2 is 1.86 bits per heavy atom. The van der Waals surface area contributed by atoms with E-state index in [4.69, 9.17) is 0 Å². The van der Waals surface area contributed by atoms with Gasteiger partial charge in [-0.25, -0.2) is 0 Å². The quantitative estimate of drug-likeness (QED) is 0.795. The second-order valence-corrected chi connectivity index (χ2v) is 5.39. The third-order valence-corrected chi connectivity index (χ3v) is 3.71. The van der Waals surface area contributed by atoms with Crippen molar-refractivity contribution in [3.05, 3.63) is 71.2 Å². The Kier molecular flexibility index (Phi) is 3.67. The number of nitrogens with one attached hydrogen (secondary N) is 1. The second-order valence-electron chi connectivity index (χ2n) is 5.39. The normalized spacial score (nSPS) is 12.5. The van der Waals surface area contributed by atoms with E-state index in [9.17, 15) is 0 Å². The van der Waals surface area contributed by atoms with Crippen molar-refractivity contribution in [2.45, 2.75) is 19.9 Å². The summed E-state index contributed by atoms with van der Waals surface area (Å²) in [5.74, 6) is 0. The van der Waals surface area contributed by atoms with Crippen LogP contribution in [0.2, 0.25) is 0 Å². The topological polar surface area (TPSA) is 37.8 Å². The zero-order valence-corrected chi connectivity index (χ0v) is 12.6. The molecule has 1 atom stereocenters. The van der Waals surface area contributed by atoms with E-state index in [1.165, 1.54) is 22.1 Å². The van der Waals surface area contributed by atoms with Crippen LogP contribution in [0, 0.1) is 13.8 Å². The molecular weight excluding hydrogens is 258 g/mol. The van der Waals surface area contributed by atoms with E-state index in [0.29, 0.717) is 0 Å². The van der Waals surface area contributed by atoms with Gasteiger partial charge in [-0.2, -0.15) is 0 Å². The first-order valence-electron chi connectivity index (χ1n) is 7.14. The summed E-state index contributed by atoms with van der Waals surface area (Å²) in [5, 5.41) is 4.60. The number of fused-ring (bicyclic) bond motifs is 1. The molecule has 0 bridgehead atoms. The number of rotatable bonds is 3. The maximum Gasteiger partial charge on any atom is 0.0708 e. The molecule has 3 heteroatoms. The molecule has 0 aliphatic heterocycles. The summed E-state index contributed by atoms with van der Waals surface area (Å²) in [7, 11) is 1.98. The highest BCUT2D eigenvalue weighted by Gasteiger charge is 2.16. The predicted octanol–water partition coefficient (Wildman–Crippen LogP) is 3.56. The Morgan fingerprint density at radius 3 is 2.62 bits per heavy atom. The van der Waals surface area contributed by atoms with Gasteiger partial charge in [-0.15, -0.1) is 0 Å². The van der Waals surface area contributed by atoms with Crippen LogP contribution < -0.4 is 5.32 Å². The molecule has 2 aromatic heterocycles. The van der Waals surface area contributed by atoms with Gasteiger partial charge in [-0.05, 0) is 49.7 Å².